The molecule has 1 aliphatic rings. The minimum atomic E-state index is -0.203. The Morgan fingerprint density at radius 1 is 1.38 bits per heavy atom. The van der Waals surface area contributed by atoms with Gasteiger partial charge in [0.05, 0.1) is 12.5 Å². The summed E-state index contributed by atoms with van der Waals surface area (Å²) in [5, 5.41) is 5.87. The summed E-state index contributed by atoms with van der Waals surface area (Å²) in [5.41, 5.74) is 2.25. The molecule has 1 aromatic rings. The van der Waals surface area contributed by atoms with E-state index in [-0.39, 0.29) is 24.3 Å². The first kappa shape index (κ1) is 15.5. The first-order valence-corrected chi connectivity index (χ1v) is 7.45. The molecule has 2 N–H and O–H groups in total. The zero-order valence-electron chi connectivity index (χ0n) is 12.7. The monoisotopic (exact) mass is 289 g/mol. The van der Waals surface area contributed by atoms with Crippen molar-refractivity contribution in [2.75, 3.05) is 26.7 Å². The number of rotatable bonds is 5. The number of hydrogen-bond acceptors (Lipinski definition) is 3. The standard InChI is InChI=1S/C16H23N3O2/c1-3-8-19(11-15(20)17-2)16(21)14-10-18-9-12-6-4-5-7-13(12)14/h4-7,14,18H,3,8-11H2,1-2H3,(H,17,20). The second-order valence-electron chi connectivity index (χ2n) is 5.32. The highest BCUT2D eigenvalue weighted by Gasteiger charge is 2.30. The third-order valence-electron chi connectivity index (χ3n) is 3.81. The van der Waals surface area contributed by atoms with Gasteiger partial charge in [0.2, 0.25) is 11.8 Å². The Bertz CT molecular complexity index is 516. The van der Waals surface area contributed by atoms with Gasteiger partial charge in [-0.25, -0.2) is 0 Å². The maximum Gasteiger partial charge on any atom is 0.239 e. The van der Waals surface area contributed by atoms with Gasteiger partial charge in [-0.2, -0.15) is 0 Å². The Morgan fingerprint density at radius 2 is 2.14 bits per heavy atom. The number of nitrogens with one attached hydrogen (secondary N) is 2. The van der Waals surface area contributed by atoms with Crippen LogP contribution in [-0.4, -0.2) is 43.4 Å². The lowest BCUT2D eigenvalue weighted by Gasteiger charge is -2.30. The first-order valence-electron chi connectivity index (χ1n) is 7.45. The van der Waals surface area contributed by atoms with Crippen LogP contribution in [0.4, 0.5) is 0 Å². The van der Waals surface area contributed by atoms with Crippen LogP contribution >= 0.6 is 0 Å². The third kappa shape index (κ3) is 3.61. The second-order valence-corrected chi connectivity index (χ2v) is 5.32. The van der Waals surface area contributed by atoms with Gasteiger partial charge in [0, 0.05) is 26.7 Å². The van der Waals surface area contributed by atoms with Crippen molar-refractivity contribution in [3.05, 3.63) is 35.4 Å². The van der Waals surface area contributed by atoms with E-state index in [1.54, 1.807) is 11.9 Å². The van der Waals surface area contributed by atoms with E-state index in [9.17, 15) is 9.59 Å². The predicted octanol–water partition coefficient (Wildman–Crippen LogP) is 0.858. The summed E-state index contributed by atoms with van der Waals surface area (Å²) in [4.78, 5) is 26.1. The van der Waals surface area contributed by atoms with Crippen LogP contribution in [0.5, 0.6) is 0 Å². The molecule has 0 saturated carbocycles. The van der Waals surface area contributed by atoms with Gasteiger partial charge in [-0.3, -0.25) is 9.59 Å². The molecule has 1 aromatic carbocycles. The van der Waals surface area contributed by atoms with Crippen LogP contribution in [0.15, 0.2) is 24.3 Å². The fourth-order valence-electron chi connectivity index (χ4n) is 2.73. The fourth-order valence-corrected chi connectivity index (χ4v) is 2.73. The average Bonchev–Trinajstić information content (AvgIpc) is 2.53. The predicted molar refractivity (Wildman–Crippen MR) is 81.8 cm³/mol. The Morgan fingerprint density at radius 3 is 2.86 bits per heavy atom. The summed E-state index contributed by atoms with van der Waals surface area (Å²) in [6, 6.07) is 8.02. The SMILES string of the molecule is CCCN(CC(=O)NC)C(=O)C1CNCc2ccccc21. The number of benzene rings is 1. The molecule has 2 amide bonds. The number of nitrogens with zero attached hydrogens (tertiary/aromatic N) is 1. The molecule has 1 atom stereocenters. The van der Waals surface area contributed by atoms with Gasteiger partial charge in [-0.1, -0.05) is 31.2 Å². The Kier molecular flexibility index (Phi) is 5.33. The molecule has 0 aliphatic carbocycles. The molecule has 0 aromatic heterocycles. The number of hydrogen-bond donors (Lipinski definition) is 2. The average molecular weight is 289 g/mol. The minimum Gasteiger partial charge on any atom is -0.358 e. The highest BCUT2D eigenvalue weighted by atomic mass is 16.2. The molecule has 5 nitrogen and oxygen atoms in total. The molecule has 0 spiro atoms. The highest BCUT2D eigenvalue weighted by Crippen LogP contribution is 2.25. The Labute approximate surface area is 125 Å². The smallest absolute Gasteiger partial charge is 0.239 e. The zero-order valence-corrected chi connectivity index (χ0v) is 12.7. The van der Waals surface area contributed by atoms with Crippen molar-refractivity contribution in [2.45, 2.75) is 25.8 Å². The van der Waals surface area contributed by atoms with Gasteiger partial charge in [-0.15, -0.1) is 0 Å². The van der Waals surface area contributed by atoms with Crippen LogP contribution in [0.2, 0.25) is 0 Å². The second kappa shape index (κ2) is 7.22. The summed E-state index contributed by atoms with van der Waals surface area (Å²) in [7, 11) is 1.59. The largest absolute Gasteiger partial charge is 0.358 e. The van der Waals surface area contributed by atoms with Crippen LogP contribution in [-0.2, 0) is 16.1 Å². The van der Waals surface area contributed by atoms with Crippen molar-refractivity contribution in [3.8, 4) is 0 Å². The van der Waals surface area contributed by atoms with E-state index in [2.05, 4.69) is 10.6 Å². The van der Waals surface area contributed by atoms with Crippen molar-refractivity contribution in [1.29, 1.82) is 0 Å². The lowest BCUT2D eigenvalue weighted by molar-refractivity contribution is -0.137. The minimum absolute atomic E-state index is 0.0279. The number of amides is 2. The van der Waals surface area contributed by atoms with E-state index in [0.29, 0.717) is 13.1 Å². The number of carbonyl (C=O) groups excluding carboxylic acids is 2. The van der Waals surface area contributed by atoms with Crippen molar-refractivity contribution in [2.24, 2.45) is 0 Å². The quantitative estimate of drug-likeness (QED) is 0.845. The van der Waals surface area contributed by atoms with Crippen molar-refractivity contribution in [1.82, 2.24) is 15.5 Å². The molecular weight excluding hydrogens is 266 g/mol. The van der Waals surface area contributed by atoms with E-state index in [1.807, 2.05) is 31.2 Å². The summed E-state index contributed by atoms with van der Waals surface area (Å²) < 4.78 is 0. The molecule has 1 aliphatic heterocycles. The van der Waals surface area contributed by atoms with Gasteiger partial charge in [0.1, 0.15) is 0 Å². The summed E-state index contributed by atoms with van der Waals surface area (Å²) >= 11 is 0. The summed E-state index contributed by atoms with van der Waals surface area (Å²) in [6.07, 6.45) is 0.838. The molecule has 1 heterocycles. The fraction of sp³-hybridized carbons (Fsp3) is 0.500. The maximum atomic E-state index is 12.8. The van der Waals surface area contributed by atoms with E-state index in [0.717, 1.165) is 18.5 Å². The van der Waals surface area contributed by atoms with E-state index < -0.39 is 0 Å². The van der Waals surface area contributed by atoms with Gasteiger partial charge in [0.25, 0.3) is 0 Å². The summed E-state index contributed by atoms with van der Waals surface area (Å²) in [5.74, 6) is -0.305. The van der Waals surface area contributed by atoms with Crippen LogP contribution in [0, 0.1) is 0 Å². The van der Waals surface area contributed by atoms with Gasteiger partial charge in [-0.05, 0) is 17.5 Å². The molecule has 1 unspecified atom stereocenters. The van der Waals surface area contributed by atoms with Gasteiger partial charge in [0.15, 0.2) is 0 Å². The molecule has 114 valence electrons. The lowest BCUT2D eigenvalue weighted by Crippen LogP contribution is -2.45. The molecule has 21 heavy (non-hydrogen) atoms. The maximum absolute atomic E-state index is 12.8. The normalized spacial score (nSPS) is 17.0. The third-order valence-corrected chi connectivity index (χ3v) is 3.81. The molecule has 0 bridgehead atoms. The number of carbonyl (C=O) groups is 2. The van der Waals surface area contributed by atoms with Gasteiger partial charge >= 0.3 is 0 Å². The van der Waals surface area contributed by atoms with Crippen LogP contribution in [0.1, 0.15) is 30.4 Å². The zero-order chi connectivity index (χ0) is 15.2. The van der Waals surface area contributed by atoms with Crippen LogP contribution in [0.25, 0.3) is 0 Å². The molecule has 5 heteroatoms. The topological polar surface area (TPSA) is 61.4 Å². The van der Waals surface area contributed by atoms with Crippen LogP contribution in [0.3, 0.4) is 0 Å². The lowest BCUT2D eigenvalue weighted by atomic mass is 9.89. The van der Waals surface area contributed by atoms with Crippen molar-refractivity contribution < 1.29 is 9.59 Å². The molecule has 0 fully saturated rings. The van der Waals surface area contributed by atoms with Crippen molar-refractivity contribution in [3.63, 3.8) is 0 Å². The number of likely N-dealkylation sites (N-methyl/N-ethyl adjacent to an activating group) is 1. The van der Waals surface area contributed by atoms with E-state index in [1.165, 1.54) is 5.56 Å². The Balaban J connectivity index is 2.19. The van der Waals surface area contributed by atoms with E-state index >= 15 is 0 Å². The van der Waals surface area contributed by atoms with E-state index in [4.69, 9.17) is 0 Å². The first-order chi connectivity index (χ1) is 10.2. The Hall–Kier alpha value is -1.88. The van der Waals surface area contributed by atoms with Gasteiger partial charge < -0.3 is 15.5 Å². The van der Waals surface area contributed by atoms with Crippen molar-refractivity contribution >= 4 is 11.8 Å². The molecule has 0 radical (unpaired) electrons. The molecular formula is C16H23N3O2. The molecule has 2 rings (SSSR count). The number of fused-ring (bicyclic) bond motifs is 1. The summed E-state index contributed by atoms with van der Waals surface area (Å²) in [6.45, 7) is 4.16. The molecule has 0 saturated heterocycles. The van der Waals surface area contributed by atoms with Crippen LogP contribution < -0.4 is 10.6 Å². The highest BCUT2D eigenvalue weighted by molar-refractivity contribution is 5.89.